The number of anilines is 2. The number of nitrogens with one attached hydrogen (secondary N) is 1. The first-order valence-corrected chi connectivity index (χ1v) is 8.22. The Hall–Kier alpha value is -1.47. The standard InChI is InChI=1S/C13H17ClN6S/c1-9-7-15-10(21-9)8-16-12-17-11(14)18-13(19-12)20-5-3-2-4-6-20/h7H,2-6,8H2,1H3,(H,16,17,18,19). The molecule has 6 nitrogen and oxygen atoms in total. The fourth-order valence-electron chi connectivity index (χ4n) is 2.29. The molecule has 1 N–H and O–H groups in total. The zero-order valence-electron chi connectivity index (χ0n) is 11.8. The van der Waals surface area contributed by atoms with Gasteiger partial charge < -0.3 is 10.2 Å². The molecule has 0 bridgehead atoms. The van der Waals surface area contributed by atoms with Crippen LogP contribution in [0.1, 0.15) is 29.1 Å². The molecule has 2 aromatic rings. The Labute approximate surface area is 132 Å². The second-order valence-corrected chi connectivity index (χ2v) is 6.65. The number of thiazole rings is 1. The Kier molecular flexibility index (Phi) is 4.50. The van der Waals surface area contributed by atoms with E-state index in [9.17, 15) is 0 Å². The SMILES string of the molecule is Cc1cnc(CNc2nc(Cl)nc(N3CCCCC3)n2)s1. The van der Waals surface area contributed by atoms with Crippen molar-refractivity contribution >= 4 is 34.8 Å². The summed E-state index contributed by atoms with van der Waals surface area (Å²) in [4.78, 5) is 20.5. The van der Waals surface area contributed by atoms with E-state index in [1.807, 2.05) is 13.1 Å². The second-order valence-electron chi connectivity index (χ2n) is 4.99. The molecule has 112 valence electrons. The van der Waals surface area contributed by atoms with Crippen molar-refractivity contribution in [1.82, 2.24) is 19.9 Å². The first-order chi connectivity index (χ1) is 10.2. The molecule has 8 heteroatoms. The number of aryl methyl sites for hydroxylation is 1. The topological polar surface area (TPSA) is 66.8 Å². The van der Waals surface area contributed by atoms with Crippen LogP contribution in [-0.4, -0.2) is 33.0 Å². The summed E-state index contributed by atoms with van der Waals surface area (Å²) >= 11 is 7.67. The first-order valence-electron chi connectivity index (χ1n) is 7.02. The molecular weight excluding hydrogens is 308 g/mol. The molecule has 0 radical (unpaired) electrons. The van der Waals surface area contributed by atoms with Crippen LogP contribution in [0, 0.1) is 6.92 Å². The highest BCUT2D eigenvalue weighted by Crippen LogP contribution is 2.19. The number of rotatable bonds is 4. The number of nitrogens with zero attached hydrogens (tertiary/aromatic N) is 5. The maximum atomic E-state index is 6.01. The Morgan fingerprint density at radius 3 is 2.76 bits per heavy atom. The molecule has 0 aliphatic carbocycles. The molecule has 1 aliphatic rings. The van der Waals surface area contributed by atoms with E-state index in [4.69, 9.17) is 11.6 Å². The molecule has 2 aromatic heterocycles. The number of halogens is 1. The van der Waals surface area contributed by atoms with Crippen LogP contribution >= 0.6 is 22.9 Å². The van der Waals surface area contributed by atoms with Gasteiger partial charge in [0.05, 0.1) is 6.54 Å². The van der Waals surface area contributed by atoms with Crippen molar-refractivity contribution in [1.29, 1.82) is 0 Å². The average molecular weight is 325 g/mol. The minimum absolute atomic E-state index is 0.225. The fourth-order valence-corrected chi connectivity index (χ4v) is 3.17. The van der Waals surface area contributed by atoms with Crippen molar-refractivity contribution in [3.8, 4) is 0 Å². The van der Waals surface area contributed by atoms with Crippen molar-refractivity contribution in [3.63, 3.8) is 0 Å². The third-order valence-corrected chi connectivity index (χ3v) is 4.38. The molecule has 21 heavy (non-hydrogen) atoms. The van der Waals surface area contributed by atoms with E-state index >= 15 is 0 Å². The molecular formula is C13H17ClN6S. The summed E-state index contributed by atoms with van der Waals surface area (Å²) < 4.78 is 0. The normalized spacial score (nSPS) is 15.2. The Morgan fingerprint density at radius 1 is 1.24 bits per heavy atom. The molecule has 0 aromatic carbocycles. The summed E-state index contributed by atoms with van der Waals surface area (Å²) in [5.41, 5.74) is 0. The van der Waals surface area contributed by atoms with Gasteiger partial charge in [0.1, 0.15) is 5.01 Å². The van der Waals surface area contributed by atoms with Gasteiger partial charge >= 0.3 is 0 Å². The largest absolute Gasteiger partial charge is 0.348 e. The predicted octanol–water partition coefficient (Wildman–Crippen LogP) is 2.89. The minimum Gasteiger partial charge on any atom is -0.348 e. The zero-order valence-corrected chi connectivity index (χ0v) is 13.4. The molecule has 0 unspecified atom stereocenters. The third-order valence-electron chi connectivity index (χ3n) is 3.30. The smallest absolute Gasteiger partial charge is 0.231 e. The van der Waals surface area contributed by atoms with Crippen LogP contribution < -0.4 is 10.2 Å². The van der Waals surface area contributed by atoms with Gasteiger partial charge in [-0.1, -0.05) is 0 Å². The molecule has 1 fully saturated rings. The molecule has 0 spiro atoms. The summed E-state index contributed by atoms with van der Waals surface area (Å²) in [6, 6.07) is 0. The van der Waals surface area contributed by atoms with Crippen molar-refractivity contribution in [2.45, 2.75) is 32.7 Å². The third kappa shape index (κ3) is 3.79. The molecule has 1 saturated heterocycles. The number of aromatic nitrogens is 4. The molecule has 1 aliphatic heterocycles. The van der Waals surface area contributed by atoms with Crippen LogP contribution in [0.5, 0.6) is 0 Å². The highest BCUT2D eigenvalue weighted by atomic mass is 35.5. The van der Waals surface area contributed by atoms with Gasteiger partial charge in [-0.15, -0.1) is 11.3 Å². The lowest BCUT2D eigenvalue weighted by atomic mass is 10.1. The quantitative estimate of drug-likeness (QED) is 0.932. The minimum atomic E-state index is 0.225. The molecule has 0 atom stereocenters. The Bertz CT molecular complexity index is 610. The van der Waals surface area contributed by atoms with Crippen molar-refractivity contribution in [2.24, 2.45) is 0 Å². The van der Waals surface area contributed by atoms with Gasteiger partial charge in [-0.05, 0) is 37.8 Å². The van der Waals surface area contributed by atoms with E-state index in [2.05, 4.69) is 30.2 Å². The van der Waals surface area contributed by atoms with Crippen LogP contribution in [0.25, 0.3) is 0 Å². The van der Waals surface area contributed by atoms with Crippen LogP contribution in [-0.2, 0) is 6.54 Å². The van der Waals surface area contributed by atoms with Gasteiger partial charge in [-0.3, -0.25) is 0 Å². The Balaban J connectivity index is 1.71. The summed E-state index contributed by atoms with van der Waals surface area (Å²) in [6.07, 6.45) is 5.47. The monoisotopic (exact) mass is 324 g/mol. The summed E-state index contributed by atoms with van der Waals surface area (Å²) in [6.45, 7) is 4.59. The van der Waals surface area contributed by atoms with E-state index in [-0.39, 0.29) is 5.28 Å². The summed E-state index contributed by atoms with van der Waals surface area (Å²) in [7, 11) is 0. The van der Waals surface area contributed by atoms with E-state index in [0.29, 0.717) is 18.4 Å². The van der Waals surface area contributed by atoms with E-state index in [1.165, 1.54) is 24.1 Å². The molecule has 3 heterocycles. The lowest BCUT2D eigenvalue weighted by molar-refractivity contribution is 0.567. The predicted molar refractivity (Wildman–Crippen MR) is 85.1 cm³/mol. The van der Waals surface area contributed by atoms with Gasteiger partial charge in [-0.2, -0.15) is 15.0 Å². The lowest BCUT2D eigenvalue weighted by Crippen LogP contribution is -2.31. The molecule has 0 amide bonds. The maximum Gasteiger partial charge on any atom is 0.231 e. The Morgan fingerprint density at radius 2 is 2.05 bits per heavy atom. The van der Waals surface area contributed by atoms with Crippen LogP contribution in [0.2, 0.25) is 5.28 Å². The summed E-state index contributed by atoms with van der Waals surface area (Å²) in [5, 5.41) is 4.40. The van der Waals surface area contributed by atoms with Gasteiger partial charge in [0.2, 0.25) is 17.2 Å². The second kappa shape index (κ2) is 6.53. The van der Waals surface area contributed by atoms with Gasteiger partial charge in [0.25, 0.3) is 0 Å². The fraction of sp³-hybridized carbons (Fsp3) is 0.538. The van der Waals surface area contributed by atoms with Crippen molar-refractivity contribution < 1.29 is 0 Å². The zero-order chi connectivity index (χ0) is 14.7. The lowest BCUT2D eigenvalue weighted by Gasteiger charge is -2.26. The van der Waals surface area contributed by atoms with Crippen LogP contribution in [0.4, 0.5) is 11.9 Å². The highest BCUT2D eigenvalue weighted by Gasteiger charge is 2.15. The van der Waals surface area contributed by atoms with E-state index in [1.54, 1.807) is 11.3 Å². The average Bonchev–Trinajstić information content (AvgIpc) is 2.91. The van der Waals surface area contributed by atoms with Crippen molar-refractivity contribution in [3.05, 3.63) is 21.4 Å². The van der Waals surface area contributed by atoms with E-state index < -0.39 is 0 Å². The van der Waals surface area contributed by atoms with E-state index in [0.717, 1.165) is 18.1 Å². The number of hydrogen-bond donors (Lipinski definition) is 1. The molecule has 3 rings (SSSR count). The van der Waals surface area contributed by atoms with Gasteiger partial charge in [-0.25, -0.2) is 4.98 Å². The summed E-state index contributed by atoms with van der Waals surface area (Å²) in [5.74, 6) is 1.16. The number of hydrogen-bond acceptors (Lipinski definition) is 7. The van der Waals surface area contributed by atoms with Crippen LogP contribution in [0.3, 0.4) is 0 Å². The first kappa shape index (κ1) is 14.5. The molecule has 0 saturated carbocycles. The van der Waals surface area contributed by atoms with Crippen molar-refractivity contribution in [2.75, 3.05) is 23.3 Å². The van der Waals surface area contributed by atoms with Gasteiger partial charge in [0.15, 0.2) is 0 Å². The maximum absolute atomic E-state index is 6.01. The van der Waals surface area contributed by atoms with Gasteiger partial charge in [0, 0.05) is 24.2 Å². The highest BCUT2D eigenvalue weighted by molar-refractivity contribution is 7.11. The van der Waals surface area contributed by atoms with Crippen LogP contribution in [0.15, 0.2) is 6.20 Å². The number of piperidine rings is 1.